The van der Waals surface area contributed by atoms with Crippen molar-refractivity contribution in [1.29, 1.82) is 0 Å². The molecule has 1 aliphatic rings. The topological polar surface area (TPSA) is 24.1 Å². The van der Waals surface area contributed by atoms with Gasteiger partial charge >= 0.3 is 0 Å². The molecule has 0 radical (unpaired) electrons. The van der Waals surface area contributed by atoms with E-state index in [0.717, 1.165) is 30.5 Å². The Morgan fingerprint density at radius 2 is 2.00 bits per heavy atom. The molecule has 70 valence electrons. The molecule has 0 aromatic carbocycles. The van der Waals surface area contributed by atoms with E-state index < -0.39 is 0 Å². The van der Waals surface area contributed by atoms with Gasteiger partial charge in [0.1, 0.15) is 0 Å². The molecule has 0 heterocycles. The fourth-order valence-electron chi connectivity index (χ4n) is 1.10. The molecule has 0 saturated heterocycles. The maximum absolute atomic E-state index is 5.07. The van der Waals surface area contributed by atoms with Crippen molar-refractivity contribution in [3.8, 4) is 0 Å². The number of hydrogen-bond acceptors (Lipinski definition) is 1. The fraction of sp³-hybridized carbons (Fsp3) is 0.889. The maximum Gasteiger partial charge on any atom is 0.166 e. The molecule has 0 aliphatic heterocycles. The predicted octanol–water partition coefficient (Wildman–Crippen LogP) is 1.66. The fourth-order valence-corrected chi connectivity index (χ4v) is 1.30. The van der Waals surface area contributed by atoms with E-state index in [0.29, 0.717) is 0 Å². The molecule has 3 heteroatoms. The normalized spacial score (nSPS) is 15.8. The summed E-state index contributed by atoms with van der Waals surface area (Å²) in [5.74, 6) is 0.992. The first-order valence-corrected chi connectivity index (χ1v) is 5.25. The first-order chi connectivity index (χ1) is 5.83. The molecule has 1 fully saturated rings. The summed E-state index contributed by atoms with van der Waals surface area (Å²) in [6.07, 6.45) is 5.27. The van der Waals surface area contributed by atoms with E-state index in [-0.39, 0.29) is 0 Å². The van der Waals surface area contributed by atoms with Crippen molar-refractivity contribution in [1.82, 2.24) is 10.6 Å². The Kier molecular flexibility index (Phi) is 4.36. The van der Waals surface area contributed by atoms with Gasteiger partial charge in [0, 0.05) is 13.1 Å². The molecule has 0 spiro atoms. The lowest BCUT2D eigenvalue weighted by Crippen LogP contribution is -2.36. The summed E-state index contributed by atoms with van der Waals surface area (Å²) in [6, 6.07) is 0. The SMILES string of the molecule is CCCNC(=S)NCCC1CC1. The quantitative estimate of drug-likeness (QED) is 0.639. The zero-order valence-corrected chi connectivity index (χ0v) is 8.54. The zero-order chi connectivity index (χ0) is 8.81. The van der Waals surface area contributed by atoms with Crippen LogP contribution in [-0.4, -0.2) is 18.2 Å². The van der Waals surface area contributed by atoms with Crippen LogP contribution >= 0.6 is 12.2 Å². The summed E-state index contributed by atoms with van der Waals surface area (Å²) in [7, 11) is 0. The van der Waals surface area contributed by atoms with Crippen LogP contribution in [0.5, 0.6) is 0 Å². The molecule has 0 bridgehead atoms. The van der Waals surface area contributed by atoms with Gasteiger partial charge in [-0.25, -0.2) is 0 Å². The van der Waals surface area contributed by atoms with Crippen molar-refractivity contribution in [3.05, 3.63) is 0 Å². The first kappa shape index (κ1) is 9.78. The van der Waals surface area contributed by atoms with Crippen molar-refractivity contribution in [2.75, 3.05) is 13.1 Å². The molecule has 2 nitrogen and oxygen atoms in total. The van der Waals surface area contributed by atoms with Gasteiger partial charge in [0.15, 0.2) is 5.11 Å². The van der Waals surface area contributed by atoms with Gasteiger partial charge in [-0.3, -0.25) is 0 Å². The predicted molar refractivity (Wildman–Crippen MR) is 56.2 cm³/mol. The van der Waals surface area contributed by atoms with Gasteiger partial charge in [-0.15, -0.1) is 0 Å². The maximum atomic E-state index is 5.07. The lowest BCUT2D eigenvalue weighted by atomic mass is 10.3. The van der Waals surface area contributed by atoms with Crippen molar-refractivity contribution >= 4 is 17.3 Å². The molecule has 0 aromatic heterocycles. The highest BCUT2D eigenvalue weighted by molar-refractivity contribution is 7.80. The largest absolute Gasteiger partial charge is 0.363 e. The summed E-state index contributed by atoms with van der Waals surface area (Å²) < 4.78 is 0. The average Bonchev–Trinajstić information content (AvgIpc) is 2.84. The van der Waals surface area contributed by atoms with E-state index >= 15 is 0 Å². The Morgan fingerprint density at radius 1 is 1.33 bits per heavy atom. The third-order valence-electron chi connectivity index (χ3n) is 2.07. The third-order valence-corrected chi connectivity index (χ3v) is 2.36. The standard InChI is InChI=1S/C9H18N2S/c1-2-6-10-9(12)11-7-5-8-3-4-8/h8H,2-7H2,1H3,(H2,10,11,12). The second-order valence-corrected chi connectivity index (χ2v) is 3.82. The molecule has 0 unspecified atom stereocenters. The number of rotatable bonds is 5. The van der Waals surface area contributed by atoms with Crippen LogP contribution in [0, 0.1) is 5.92 Å². The highest BCUT2D eigenvalue weighted by Gasteiger charge is 2.20. The van der Waals surface area contributed by atoms with Crippen molar-refractivity contribution in [3.63, 3.8) is 0 Å². The lowest BCUT2D eigenvalue weighted by Gasteiger charge is -2.08. The number of hydrogen-bond donors (Lipinski definition) is 2. The lowest BCUT2D eigenvalue weighted by molar-refractivity contribution is 0.689. The van der Waals surface area contributed by atoms with Gasteiger partial charge in [0.05, 0.1) is 0 Å². The smallest absolute Gasteiger partial charge is 0.166 e. The van der Waals surface area contributed by atoms with Crippen LogP contribution < -0.4 is 10.6 Å². The summed E-state index contributed by atoms with van der Waals surface area (Å²) in [4.78, 5) is 0. The first-order valence-electron chi connectivity index (χ1n) is 4.84. The van der Waals surface area contributed by atoms with Crippen molar-refractivity contribution < 1.29 is 0 Å². The van der Waals surface area contributed by atoms with Crippen LogP contribution in [0.1, 0.15) is 32.6 Å². The molecule has 0 aromatic rings. The molecule has 12 heavy (non-hydrogen) atoms. The number of thiocarbonyl (C=S) groups is 1. The van der Waals surface area contributed by atoms with E-state index in [2.05, 4.69) is 17.6 Å². The van der Waals surface area contributed by atoms with E-state index in [4.69, 9.17) is 12.2 Å². The van der Waals surface area contributed by atoms with E-state index in [9.17, 15) is 0 Å². The van der Waals surface area contributed by atoms with Gasteiger partial charge < -0.3 is 10.6 Å². The molecular formula is C9H18N2S. The summed E-state index contributed by atoms with van der Waals surface area (Å²) in [5.41, 5.74) is 0. The Bertz CT molecular complexity index is 143. The van der Waals surface area contributed by atoms with Crippen molar-refractivity contribution in [2.24, 2.45) is 5.92 Å². The highest BCUT2D eigenvalue weighted by atomic mass is 32.1. The summed E-state index contributed by atoms with van der Waals surface area (Å²) in [6.45, 7) is 4.16. The van der Waals surface area contributed by atoms with E-state index in [1.807, 2.05) is 0 Å². The Balaban J connectivity index is 1.86. The number of nitrogens with one attached hydrogen (secondary N) is 2. The minimum atomic E-state index is 0.817. The highest BCUT2D eigenvalue weighted by Crippen LogP contribution is 2.31. The Morgan fingerprint density at radius 3 is 2.58 bits per heavy atom. The monoisotopic (exact) mass is 186 g/mol. The van der Waals surface area contributed by atoms with E-state index in [1.165, 1.54) is 19.3 Å². The zero-order valence-electron chi connectivity index (χ0n) is 7.73. The molecule has 1 aliphatic carbocycles. The molecular weight excluding hydrogens is 168 g/mol. The van der Waals surface area contributed by atoms with Crippen LogP contribution in [-0.2, 0) is 0 Å². The van der Waals surface area contributed by atoms with Gasteiger partial charge in [0.25, 0.3) is 0 Å². The van der Waals surface area contributed by atoms with Crippen LogP contribution in [0.3, 0.4) is 0 Å². The second kappa shape index (κ2) is 5.36. The Labute approximate surface area is 80.1 Å². The van der Waals surface area contributed by atoms with Crippen LogP contribution in [0.25, 0.3) is 0 Å². The van der Waals surface area contributed by atoms with Gasteiger partial charge in [-0.2, -0.15) is 0 Å². The van der Waals surface area contributed by atoms with Crippen molar-refractivity contribution in [2.45, 2.75) is 32.6 Å². The molecule has 2 N–H and O–H groups in total. The third kappa shape index (κ3) is 4.54. The minimum absolute atomic E-state index is 0.817. The van der Waals surface area contributed by atoms with Gasteiger partial charge in [0.2, 0.25) is 0 Å². The van der Waals surface area contributed by atoms with Crippen LogP contribution in [0.2, 0.25) is 0 Å². The van der Waals surface area contributed by atoms with Crippen LogP contribution in [0.15, 0.2) is 0 Å². The molecule has 1 saturated carbocycles. The molecule has 0 amide bonds. The second-order valence-electron chi connectivity index (χ2n) is 3.41. The van der Waals surface area contributed by atoms with Gasteiger partial charge in [-0.1, -0.05) is 19.8 Å². The average molecular weight is 186 g/mol. The minimum Gasteiger partial charge on any atom is -0.363 e. The van der Waals surface area contributed by atoms with E-state index in [1.54, 1.807) is 0 Å². The summed E-state index contributed by atoms with van der Waals surface area (Å²) in [5, 5.41) is 7.17. The van der Waals surface area contributed by atoms with Gasteiger partial charge in [-0.05, 0) is 31.0 Å². The van der Waals surface area contributed by atoms with Crippen LogP contribution in [0.4, 0.5) is 0 Å². The summed E-state index contributed by atoms with van der Waals surface area (Å²) >= 11 is 5.07. The molecule has 1 rings (SSSR count). The molecule has 0 atom stereocenters. The Hall–Kier alpha value is -0.310.